The lowest BCUT2D eigenvalue weighted by Gasteiger charge is -2.74. The van der Waals surface area contributed by atoms with Gasteiger partial charge in [0.1, 0.15) is 5.75 Å². The van der Waals surface area contributed by atoms with Gasteiger partial charge in [-0.3, -0.25) is 4.79 Å². The molecular weight excluding hydrogens is 420 g/mol. The summed E-state index contributed by atoms with van der Waals surface area (Å²) >= 11 is 0. The summed E-state index contributed by atoms with van der Waals surface area (Å²) in [6, 6.07) is 6.10. The normalized spacial score (nSPS) is 34.2. The number of methoxy groups -OCH3 is 1. The van der Waals surface area contributed by atoms with Gasteiger partial charge in [-0.1, -0.05) is 12.1 Å². The lowest BCUT2D eigenvalue weighted by molar-refractivity contribution is -0.278. The Morgan fingerprint density at radius 1 is 1.24 bits per heavy atom. The number of nitrogens with zero attached hydrogens (tertiary/aromatic N) is 3. The molecule has 174 valence electrons. The number of aryl methyl sites for hydroxylation is 1. The van der Waals surface area contributed by atoms with Crippen molar-refractivity contribution < 1.29 is 19.0 Å². The van der Waals surface area contributed by atoms with Crippen LogP contribution in [0.5, 0.6) is 11.5 Å². The van der Waals surface area contributed by atoms with Crippen molar-refractivity contribution in [2.75, 3.05) is 38.3 Å². The standard InChI is InChI=1S/C25H30N4O4/c1-16-9-17(24-12-25(13-24,31-2)20(24)21(26)30)3-4-19(16)33-18-10-27-22(28-11-18)29-7-5-23(14-29)6-8-32-15-23/h3-4,9-11,20H,5-8,12-15H2,1-2H3,(H2,26,30). The molecule has 0 radical (unpaired) electrons. The van der Waals surface area contributed by atoms with Gasteiger partial charge >= 0.3 is 0 Å². The molecule has 1 spiro atoms. The van der Waals surface area contributed by atoms with E-state index in [-0.39, 0.29) is 28.3 Å². The van der Waals surface area contributed by atoms with Crippen molar-refractivity contribution in [1.29, 1.82) is 0 Å². The highest BCUT2D eigenvalue weighted by molar-refractivity contribution is 5.84. The predicted octanol–water partition coefficient (Wildman–Crippen LogP) is 2.73. The van der Waals surface area contributed by atoms with E-state index in [4.69, 9.17) is 19.9 Å². The number of nitrogens with two attached hydrogens (primary N) is 1. The highest BCUT2D eigenvalue weighted by atomic mass is 16.5. The van der Waals surface area contributed by atoms with E-state index in [1.165, 1.54) is 0 Å². The van der Waals surface area contributed by atoms with Gasteiger partial charge in [0.15, 0.2) is 5.75 Å². The number of carbonyl (C=O) groups excluding carboxylic acids is 1. The van der Waals surface area contributed by atoms with Gasteiger partial charge in [-0.15, -0.1) is 0 Å². The number of anilines is 1. The number of benzene rings is 1. The second-order valence-corrected chi connectivity index (χ2v) is 10.4. The van der Waals surface area contributed by atoms with Gasteiger partial charge in [0, 0.05) is 37.6 Å². The van der Waals surface area contributed by atoms with E-state index in [0.717, 1.165) is 74.8 Å². The Hall–Kier alpha value is -2.71. The van der Waals surface area contributed by atoms with Gasteiger partial charge < -0.3 is 24.8 Å². The molecule has 3 aliphatic carbocycles. The van der Waals surface area contributed by atoms with Crippen molar-refractivity contribution in [1.82, 2.24) is 9.97 Å². The first-order chi connectivity index (χ1) is 15.9. The summed E-state index contributed by atoms with van der Waals surface area (Å²) in [7, 11) is 1.67. The summed E-state index contributed by atoms with van der Waals surface area (Å²) in [6.07, 6.45) is 7.39. The van der Waals surface area contributed by atoms with Gasteiger partial charge in [0.05, 0.1) is 30.5 Å². The van der Waals surface area contributed by atoms with Crippen molar-refractivity contribution in [3.63, 3.8) is 0 Å². The molecule has 8 nitrogen and oxygen atoms in total. The monoisotopic (exact) mass is 450 g/mol. The molecule has 2 aromatic rings. The summed E-state index contributed by atoms with van der Waals surface area (Å²) in [4.78, 5) is 23.4. The Morgan fingerprint density at radius 2 is 2.03 bits per heavy atom. The van der Waals surface area contributed by atoms with E-state index >= 15 is 0 Å². The summed E-state index contributed by atoms with van der Waals surface area (Å²) in [5.41, 5.74) is 7.52. The zero-order chi connectivity index (χ0) is 22.8. The quantitative estimate of drug-likeness (QED) is 0.722. The van der Waals surface area contributed by atoms with Crippen LogP contribution in [0.15, 0.2) is 30.6 Å². The third-order valence-electron chi connectivity index (χ3n) is 8.50. The average Bonchev–Trinajstić information content (AvgIpc) is 3.39. The van der Waals surface area contributed by atoms with E-state index in [2.05, 4.69) is 20.9 Å². The van der Waals surface area contributed by atoms with E-state index in [1.54, 1.807) is 19.5 Å². The van der Waals surface area contributed by atoms with E-state index in [9.17, 15) is 4.79 Å². The van der Waals surface area contributed by atoms with Crippen LogP contribution in [0.25, 0.3) is 0 Å². The number of hydrogen-bond donors (Lipinski definition) is 1. The van der Waals surface area contributed by atoms with Gasteiger partial charge in [-0.25, -0.2) is 9.97 Å². The predicted molar refractivity (Wildman–Crippen MR) is 121 cm³/mol. The fourth-order valence-corrected chi connectivity index (χ4v) is 6.63. The van der Waals surface area contributed by atoms with Crippen LogP contribution < -0.4 is 15.4 Å². The van der Waals surface area contributed by atoms with Crippen LogP contribution in [0.4, 0.5) is 5.95 Å². The zero-order valence-electron chi connectivity index (χ0n) is 19.2. The lowest BCUT2D eigenvalue weighted by atomic mass is 9.32. The molecule has 8 heteroatoms. The largest absolute Gasteiger partial charge is 0.454 e. The first-order valence-electron chi connectivity index (χ1n) is 11.7. The molecular formula is C25H30N4O4. The summed E-state index contributed by atoms with van der Waals surface area (Å²) in [5, 5.41) is 0. The molecule has 2 N–H and O–H groups in total. The number of primary amides is 1. The molecule has 2 bridgehead atoms. The summed E-state index contributed by atoms with van der Waals surface area (Å²) in [6.45, 7) is 5.62. The summed E-state index contributed by atoms with van der Waals surface area (Å²) in [5.74, 6) is 1.55. The lowest BCUT2D eigenvalue weighted by Crippen LogP contribution is -2.81. The molecule has 2 saturated heterocycles. The van der Waals surface area contributed by atoms with Crippen molar-refractivity contribution in [3.8, 4) is 11.5 Å². The molecule has 2 atom stereocenters. The molecule has 7 rings (SSSR count). The average molecular weight is 451 g/mol. The highest BCUT2D eigenvalue weighted by Gasteiger charge is 2.79. The van der Waals surface area contributed by atoms with Crippen LogP contribution in [0.3, 0.4) is 0 Å². The minimum Gasteiger partial charge on any atom is -0.454 e. The molecule has 1 aromatic carbocycles. The molecule has 3 saturated carbocycles. The number of carbonyl (C=O) groups is 1. The number of hydrogen-bond acceptors (Lipinski definition) is 7. The van der Waals surface area contributed by atoms with Crippen LogP contribution in [-0.2, 0) is 19.7 Å². The number of amides is 1. The topological polar surface area (TPSA) is 99.8 Å². The van der Waals surface area contributed by atoms with Crippen molar-refractivity contribution >= 4 is 11.9 Å². The van der Waals surface area contributed by atoms with Gasteiger partial charge in [0.2, 0.25) is 11.9 Å². The number of aromatic nitrogens is 2. The van der Waals surface area contributed by atoms with Gasteiger partial charge in [0.25, 0.3) is 0 Å². The SMILES string of the molecule is COC12CC(c3ccc(Oc4cnc(N5CCC6(CCOC6)C5)nc4)c(C)c3)(C1)C2C(N)=O. The third kappa shape index (κ3) is 3.00. The first-order valence-corrected chi connectivity index (χ1v) is 11.7. The maximum atomic E-state index is 12.0. The number of ether oxygens (including phenoxy) is 3. The van der Waals surface area contributed by atoms with Crippen LogP contribution in [0.2, 0.25) is 0 Å². The molecule has 5 fully saturated rings. The smallest absolute Gasteiger partial charge is 0.225 e. The maximum Gasteiger partial charge on any atom is 0.225 e. The number of rotatable bonds is 6. The molecule has 5 aliphatic rings. The second kappa shape index (κ2) is 7.14. The van der Waals surface area contributed by atoms with Gasteiger partial charge in [-0.05, 0) is 49.8 Å². The molecule has 33 heavy (non-hydrogen) atoms. The summed E-state index contributed by atoms with van der Waals surface area (Å²) < 4.78 is 17.3. The third-order valence-corrected chi connectivity index (χ3v) is 8.50. The van der Waals surface area contributed by atoms with Gasteiger partial charge in [-0.2, -0.15) is 0 Å². The Bertz CT molecular complexity index is 1090. The minimum absolute atomic E-state index is 0.201. The zero-order valence-corrected chi connectivity index (χ0v) is 19.2. The molecule has 3 heterocycles. The van der Waals surface area contributed by atoms with Crippen LogP contribution in [0, 0.1) is 18.3 Å². The molecule has 1 amide bonds. The first kappa shape index (κ1) is 20.9. The van der Waals surface area contributed by atoms with Crippen LogP contribution in [0.1, 0.15) is 36.8 Å². The van der Waals surface area contributed by atoms with Crippen LogP contribution >= 0.6 is 0 Å². The molecule has 2 aliphatic heterocycles. The van der Waals surface area contributed by atoms with E-state index < -0.39 is 0 Å². The van der Waals surface area contributed by atoms with Crippen molar-refractivity contribution in [2.24, 2.45) is 17.1 Å². The Labute approximate surface area is 193 Å². The van der Waals surface area contributed by atoms with Crippen molar-refractivity contribution in [2.45, 2.75) is 43.6 Å². The molecule has 2 unspecified atom stereocenters. The van der Waals surface area contributed by atoms with E-state index in [1.807, 2.05) is 19.1 Å². The maximum absolute atomic E-state index is 12.0. The Balaban J connectivity index is 1.15. The fourth-order valence-electron chi connectivity index (χ4n) is 6.63. The highest BCUT2D eigenvalue weighted by Crippen LogP contribution is 2.73. The Kier molecular flexibility index (Phi) is 4.52. The molecule has 1 aromatic heterocycles. The minimum atomic E-state index is -0.367. The Morgan fingerprint density at radius 3 is 2.67 bits per heavy atom. The van der Waals surface area contributed by atoms with Crippen molar-refractivity contribution in [3.05, 3.63) is 41.7 Å². The fraction of sp³-hybridized carbons (Fsp3) is 0.560. The van der Waals surface area contributed by atoms with E-state index in [0.29, 0.717) is 5.75 Å². The second-order valence-electron chi connectivity index (χ2n) is 10.4. The van der Waals surface area contributed by atoms with Crippen LogP contribution in [-0.4, -0.2) is 54.9 Å².